The Morgan fingerprint density at radius 1 is 1.07 bits per heavy atom. The minimum absolute atomic E-state index is 0.0117. The van der Waals surface area contributed by atoms with E-state index in [1.54, 1.807) is 31.2 Å². The molecule has 27 heavy (non-hydrogen) atoms. The number of benzene rings is 2. The summed E-state index contributed by atoms with van der Waals surface area (Å²) < 4.78 is 12.5. The van der Waals surface area contributed by atoms with E-state index in [2.05, 4.69) is 10.4 Å². The van der Waals surface area contributed by atoms with E-state index in [-0.39, 0.29) is 11.9 Å². The predicted octanol–water partition coefficient (Wildman–Crippen LogP) is 3.69. The Morgan fingerprint density at radius 3 is 2.44 bits per heavy atom. The van der Waals surface area contributed by atoms with Crippen molar-refractivity contribution in [2.75, 3.05) is 14.2 Å². The van der Waals surface area contributed by atoms with Gasteiger partial charge in [-0.05, 0) is 44.2 Å². The van der Waals surface area contributed by atoms with Crippen LogP contribution in [0.1, 0.15) is 24.2 Å². The van der Waals surface area contributed by atoms with E-state index < -0.39 is 0 Å². The van der Waals surface area contributed by atoms with E-state index in [9.17, 15) is 4.79 Å². The Balaban J connectivity index is 2.19. The van der Waals surface area contributed by atoms with E-state index in [1.807, 2.05) is 56.3 Å². The zero-order valence-electron chi connectivity index (χ0n) is 15.9. The maximum atomic E-state index is 12.8. The Morgan fingerprint density at radius 2 is 1.81 bits per heavy atom. The second kappa shape index (κ2) is 7.95. The fourth-order valence-electron chi connectivity index (χ4n) is 2.79. The van der Waals surface area contributed by atoms with Crippen LogP contribution in [0, 0.1) is 0 Å². The van der Waals surface area contributed by atoms with Crippen molar-refractivity contribution in [1.82, 2.24) is 15.1 Å². The van der Waals surface area contributed by atoms with E-state index in [4.69, 9.17) is 9.47 Å². The molecule has 0 unspecified atom stereocenters. The minimum atomic E-state index is -0.188. The fourth-order valence-corrected chi connectivity index (χ4v) is 2.79. The SMILES string of the molecule is COc1ccc(OC)c(-c2nn(-c3ccccc3)cc2C(=O)NC(C)C)c1. The number of hydrogen-bond donors (Lipinski definition) is 1. The molecule has 0 aliphatic rings. The molecule has 0 radical (unpaired) electrons. The number of rotatable bonds is 6. The first kappa shape index (κ1) is 18.5. The summed E-state index contributed by atoms with van der Waals surface area (Å²) in [5.74, 6) is 1.09. The molecule has 3 rings (SSSR count). The summed E-state index contributed by atoms with van der Waals surface area (Å²) in [5.41, 5.74) is 2.57. The van der Waals surface area contributed by atoms with Crippen molar-refractivity contribution in [3.05, 3.63) is 60.3 Å². The normalized spacial score (nSPS) is 10.7. The number of carbonyl (C=O) groups excluding carboxylic acids is 1. The van der Waals surface area contributed by atoms with Crippen LogP contribution in [0.3, 0.4) is 0 Å². The first-order chi connectivity index (χ1) is 13.0. The van der Waals surface area contributed by atoms with Gasteiger partial charge in [-0.15, -0.1) is 0 Å². The highest BCUT2D eigenvalue weighted by Gasteiger charge is 2.22. The van der Waals surface area contributed by atoms with Crippen LogP contribution < -0.4 is 14.8 Å². The zero-order chi connectivity index (χ0) is 19.4. The molecule has 1 amide bonds. The van der Waals surface area contributed by atoms with Crippen molar-refractivity contribution in [3.8, 4) is 28.4 Å². The number of amides is 1. The molecular weight excluding hydrogens is 342 g/mol. The number of nitrogens with zero attached hydrogens (tertiary/aromatic N) is 2. The number of ether oxygens (including phenoxy) is 2. The van der Waals surface area contributed by atoms with Gasteiger partial charge in [-0.3, -0.25) is 4.79 Å². The summed E-state index contributed by atoms with van der Waals surface area (Å²) in [6.45, 7) is 3.84. The summed E-state index contributed by atoms with van der Waals surface area (Å²) >= 11 is 0. The van der Waals surface area contributed by atoms with Crippen LogP contribution in [-0.4, -0.2) is 35.9 Å². The molecule has 0 saturated heterocycles. The number of carbonyl (C=O) groups is 1. The highest BCUT2D eigenvalue weighted by atomic mass is 16.5. The number of nitrogens with one attached hydrogen (secondary N) is 1. The van der Waals surface area contributed by atoms with Gasteiger partial charge in [0.05, 0.1) is 25.5 Å². The summed E-state index contributed by atoms with van der Waals surface area (Å²) in [6, 6.07) is 15.1. The van der Waals surface area contributed by atoms with Crippen LogP contribution in [0.4, 0.5) is 0 Å². The van der Waals surface area contributed by atoms with Crippen molar-refractivity contribution in [1.29, 1.82) is 0 Å². The molecule has 0 fully saturated rings. The average molecular weight is 365 g/mol. The molecule has 1 N–H and O–H groups in total. The number of hydrogen-bond acceptors (Lipinski definition) is 4. The van der Waals surface area contributed by atoms with Gasteiger partial charge in [-0.25, -0.2) is 4.68 Å². The van der Waals surface area contributed by atoms with E-state index in [0.29, 0.717) is 28.3 Å². The van der Waals surface area contributed by atoms with Gasteiger partial charge in [0.1, 0.15) is 17.2 Å². The summed E-state index contributed by atoms with van der Waals surface area (Å²) in [7, 11) is 3.19. The lowest BCUT2D eigenvalue weighted by atomic mass is 10.1. The third-order valence-corrected chi connectivity index (χ3v) is 4.06. The monoisotopic (exact) mass is 365 g/mol. The predicted molar refractivity (Wildman–Crippen MR) is 105 cm³/mol. The second-order valence-corrected chi connectivity index (χ2v) is 6.37. The van der Waals surface area contributed by atoms with Crippen molar-refractivity contribution < 1.29 is 14.3 Å². The lowest BCUT2D eigenvalue weighted by Gasteiger charge is -2.11. The first-order valence-corrected chi connectivity index (χ1v) is 8.72. The van der Waals surface area contributed by atoms with Gasteiger partial charge in [0.2, 0.25) is 0 Å². The zero-order valence-corrected chi connectivity index (χ0v) is 15.9. The largest absolute Gasteiger partial charge is 0.497 e. The van der Waals surface area contributed by atoms with Crippen molar-refractivity contribution in [2.24, 2.45) is 0 Å². The van der Waals surface area contributed by atoms with Crippen LogP contribution in [0.25, 0.3) is 16.9 Å². The molecule has 0 aliphatic heterocycles. The molecule has 1 heterocycles. The van der Waals surface area contributed by atoms with Crippen LogP contribution in [0.5, 0.6) is 11.5 Å². The number of para-hydroxylation sites is 1. The molecule has 6 nitrogen and oxygen atoms in total. The fraction of sp³-hybridized carbons (Fsp3) is 0.238. The standard InChI is InChI=1S/C21H23N3O3/c1-14(2)22-21(25)18-13-24(15-8-6-5-7-9-15)23-20(18)17-12-16(26-3)10-11-19(17)27-4/h5-14H,1-4H3,(H,22,25). The third-order valence-electron chi connectivity index (χ3n) is 4.06. The Kier molecular flexibility index (Phi) is 5.45. The highest BCUT2D eigenvalue weighted by Crippen LogP contribution is 2.35. The summed E-state index contributed by atoms with van der Waals surface area (Å²) in [6.07, 6.45) is 1.74. The molecule has 140 valence electrons. The van der Waals surface area contributed by atoms with Gasteiger partial charge in [0.25, 0.3) is 5.91 Å². The van der Waals surface area contributed by atoms with E-state index in [0.717, 1.165) is 5.69 Å². The second-order valence-electron chi connectivity index (χ2n) is 6.37. The topological polar surface area (TPSA) is 65.4 Å². The summed E-state index contributed by atoms with van der Waals surface area (Å²) in [5, 5.41) is 7.62. The molecule has 0 atom stereocenters. The molecule has 0 aliphatic carbocycles. The van der Waals surface area contributed by atoms with Gasteiger partial charge in [0.15, 0.2) is 0 Å². The Bertz CT molecular complexity index is 933. The van der Waals surface area contributed by atoms with Crippen LogP contribution in [0.15, 0.2) is 54.7 Å². The van der Waals surface area contributed by atoms with Crippen LogP contribution >= 0.6 is 0 Å². The molecular formula is C21H23N3O3. The van der Waals surface area contributed by atoms with Crippen LogP contribution in [-0.2, 0) is 0 Å². The highest BCUT2D eigenvalue weighted by molar-refractivity contribution is 6.00. The smallest absolute Gasteiger partial charge is 0.255 e. The average Bonchev–Trinajstić information content (AvgIpc) is 3.13. The maximum absolute atomic E-state index is 12.8. The van der Waals surface area contributed by atoms with E-state index in [1.165, 1.54) is 0 Å². The molecule has 0 saturated carbocycles. The van der Waals surface area contributed by atoms with E-state index >= 15 is 0 Å². The van der Waals surface area contributed by atoms with Crippen molar-refractivity contribution in [2.45, 2.75) is 19.9 Å². The Labute approximate surface area is 158 Å². The van der Waals surface area contributed by atoms with Crippen molar-refractivity contribution >= 4 is 5.91 Å². The van der Waals surface area contributed by atoms with Gasteiger partial charge in [-0.2, -0.15) is 5.10 Å². The molecule has 3 aromatic rings. The quantitative estimate of drug-likeness (QED) is 0.723. The van der Waals surface area contributed by atoms with Gasteiger partial charge >= 0.3 is 0 Å². The van der Waals surface area contributed by atoms with Gasteiger partial charge in [0, 0.05) is 17.8 Å². The minimum Gasteiger partial charge on any atom is -0.497 e. The Hall–Kier alpha value is -3.28. The molecule has 2 aromatic carbocycles. The molecule has 1 aromatic heterocycles. The maximum Gasteiger partial charge on any atom is 0.255 e. The number of aromatic nitrogens is 2. The lowest BCUT2D eigenvalue weighted by Crippen LogP contribution is -2.30. The molecule has 6 heteroatoms. The van der Waals surface area contributed by atoms with Gasteiger partial charge in [-0.1, -0.05) is 18.2 Å². The van der Waals surface area contributed by atoms with Gasteiger partial charge < -0.3 is 14.8 Å². The summed E-state index contributed by atoms with van der Waals surface area (Å²) in [4.78, 5) is 12.8. The van der Waals surface area contributed by atoms with Crippen molar-refractivity contribution in [3.63, 3.8) is 0 Å². The number of methoxy groups -OCH3 is 2. The molecule has 0 spiro atoms. The third kappa shape index (κ3) is 3.95. The first-order valence-electron chi connectivity index (χ1n) is 8.72. The lowest BCUT2D eigenvalue weighted by molar-refractivity contribution is 0.0943. The molecule has 0 bridgehead atoms. The van der Waals surface area contributed by atoms with Crippen LogP contribution in [0.2, 0.25) is 0 Å².